The van der Waals surface area contributed by atoms with Gasteiger partial charge < -0.3 is 9.67 Å². The minimum Gasteiger partial charge on any atom is -0.385 e. The Kier molecular flexibility index (Phi) is 2.06. The Labute approximate surface area is 60.3 Å². The SMILES string of the molecule is CCn1ccnc1C(C)O. The molecule has 0 aliphatic heterocycles. The molecule has 0 amide bonds. The fourth-order valence-corrected chi connectivity index (χ4v) is 0.956. The Morgan fingerprint density at radius 1 is 1.80 bits per heavy atom. The van der Waals surface area contributed by atoms with E-state index in [0.717, 1.165) is 12.4 Å². The lowest BCUT2D eigenvalue weighted by atomic mass is 10.4. The molecule has 56 valence electrons. The number of hydrogen-bond donors (Lipinski definition) is 1. The normalized spacial score (nSPS) is 13.5. The Morgan fingerprint density at radius 2 is 2.50 bits per heavy atom. The molecule has 3 nitrogen and oxygen atoms in total. The molecule has 1 aromatic rings. The van der Waals surface area contributed by atoms with Crippen LogP contribution in [0, 0.1) is 0 Å². The van der Waals surface area contributed by atoms with E-state index in [4.69, 9.17) is 5.11 Å². The van der Waals surface area contributed by atoms with Crippen LogP contribution in [0.3, 0.4) is 0 Å². The quantitative estimate of drug-likeness (QED) is 0.664. The summed E-state index contributed by atoms with van der Waals surface area (Å²) >= 11 is 0. The Bertz CT molecular complexity index is 205. The molecule has 0 spiro atoms. The number of aromatic nitrogens is 2. The minimum absolute atomic E-state index is 0.463. The third kappa shape index (κ3) is 1.19. The second kappa shape index (κ2) is 2.84. The van der Waals surface area contributed by atoms with Crippen molar-refractivity contribution in [1.29, 1.82) is 0 Å². The number of hydrogen-bond acceptors (Lipinski definition) is 2. The van der Waals surface area contributed by atoms with Gasteiger partial charge in [0, 0.05) is 18.9 Å². The van der Waals surface area contributed by atoms with Crippen molar-refractivity contribution < 1.29 is 5.11 Å². The highest BCUT2D eigenvalue weighted by atomic mass is 16.3. The Balaban J connectivity index is 2.90. The maximum Gasteiger partial charge on any atom is 0.137 e. The molecule has 1 aromatic heterocycles. The smallest absolute Gasteiger partial charge is 0.137 e. The van der Waals surface area contributed by atoms with Gasteiger partial charge in [-0.25, -0.2) is 4.98 Å². The van der Waals surface area contributed by atoms with Crippen LogP contribution in [0.5, 0.6) is 0 Å². The van der Waals surface area contributed by atoms with E-state index in [1.165, 1.54) is 0 Å². The van der Waals surface area contributed by atoms with Gasteiger partial charge in [-0.3, -0.25) is 0 Å². The molecule has 1 unspecified atom stereocenters. The van der Waals surface area contributed by atoms with Gasteiger partial charge >= 0.3 is 0 Å². The van der Waals surface area contributed by atoms with E-state index in [1.54, 1.807) is 13.1 Å². The predicted molar refractivity (Wildman–Crippen MR) is 38.5 cm³/mol. The fraction of sp³-hybridized carbons (Fsp3) is 0.571. The van der Waals surface area contributed by atoms with Crippen molar-refractivity contribution in [2.45, 2.75) is 26.5 Å². The summed E-state index contributed by atoms with van der Waals surface area (Å²) in [5.74, 6) is 0.738. The molecule has 0 saturated carbocycles. The lowest BCUT2D eigenvalue weighted by Gasteiger charge is -2.05. The van der Waals surface area contributed by atoms with Gasteiger partial charge in [0.25, 0.3) is 0 Å². The number of aryl methyl sites for hydroxylation is 1. The van der Waals surface area contributed by atoms with Crippen molar-refractivity contribution >= 4 is 0 Å². The van der Waals surface area contributed by atoms with Gasteiger partial charge in [0.15, 0.2) is 0 Å². The minimum atomic E-state index is -0.463. The molecular formula is C7H12N2O. The first-order valence-corrected chi connectivity index (χ1v) is 3.44. The average Bonchev–Trinajstić information content (AvgIpc) is 2.33. The number of imidazole rings is 1. The standard InChI is InChI=1S/C7H12N2O/c1-3-9-5-4-8-7(9)6(2)10/h4-6,10H,3H2,1-2H3. The predicted octanol–water partition coefficient (Wildman–Crippen LogP) is 0.956. The van der Waals surface area contributed by atoms with Crippen molar-refractivity contribution in [2.24, 2.45) is 0 Å². The van der Waals surface area contributed by atoms with E-state index in [1.807, 2.05) is 17.7 Å². The molecule has 1 atom stereocenters. The molecule has 10 heavy (non-hydrogen) atoms. The molecule has 1 N–H and O–H groups in total. The second-order valence-corrected chi connectivity index (χ2v) is 2.25. The number of aliphatic hydroxyl groups excluding tert-OH is 1. The van der Waals surface area contributed by atoms with Gasteiger partial charge in [0.05, 0.1) is 0 Å². The van der Waals surface area contributed by atoms with Gasteiger partial charge in [0.2, 0.25) is 0 Å². The molecule has 0 radical (unpaired) electrons. The topological polar surface area (TPSA) is 38.0 Å². The molecule has 1 heterocycles. The van der Waals surface area contributed by atoms with Crippen LogP contribution in [0.15, 0.2) is 12.4 Å². The van der Waals surface area contributed by atoms with E-state index < -0.39 is 6.10 Å². The van der Waals surface area contributed by atoms with E-state index in [-0.39, 0.29) is 0 Å². The summed E-state index contributed by atoms with van der Waals surface area (Å²) in [6.07, 6.45) is 3.10. The summed E-state index contributed by atoms with van der Waals surface area (Å²) in [5, 5.41) is 9.14. The average molecular weight is 140 g/mol. The monoisotopic (exact) mass is 140 g/mol. The summed E-state index contributed by atoms with van der Waals surface area (Å²) in [7, 11) is 0. The van der Waals surface area contributed by atoms with Crippen LogP contribution in [-0.4, -0.2) is 14.7 Å². The van der Waals surface area contributed by atoms with Crippen LogP contribution in [0.2, 0.25) is 0 Å². The van der Waals surface area contributed by atoms with E-state index in [0.29, 0.717) is 0 Å². The van der Waals surface area contributed by atoms with E-state index in [9.17, 15) is 0 Å². The summed E-state index contributed by atoms with van der Waals surface area (Å²) in [5.41, 5.74) is 0. The van der Waals surface area contributed by atoms with Gasteiger partial charge in [0.1, 0.15) is 11.9 Å². The number of nitrogens with zero attached hydrogens (tertiary/aromatic N) is 2. The summed E-state index contributed by atoms with van der Waals surface area (Å²) < 4.78 is 1.92. The largest absolute Gasteiger partial charge is 0.385 e. The van der Waals surface area contributed by atoms with Crippen molar-refractivity contribution in [3.8, 4) is 0 Å². The summed E-state index contributed by atoms with van der Waals surface area (Å²) in [6, 6.07) is 0. The molecule has 3 heteroatoms. The molecule has 0 aliphatic rings. The third-order valence-corrected chi connectivity index (χ3v) is 1.46. The zero-order valence-electron chi connectivity index (χ0n) is 6.28. The molecule has 0 aromatic carbocycles. The van der Waals surface area contributed by atoms with Crippen LogP contribution in [0.25, 0.3) is 0 Å². The molecule has 0 saturated heterocycles. The van der Waals surface area contributed by atoms with E-state index >= 15 is 0 Å². The van der Waals surface area contributed by atoms with Crippen molar-refractivity contribution in [3.05, 3.63) is 18.2 Å². The van der Waals surface area contributed by atoms with Crippen molar-refractivity contribution in [3.63, 3.8) is 0 Å². The zero-order chi connectivity index (χ0) is 7.56. The maximum absolute atomic E-state index is 9.14. The Morgan fingerprint density at radius 3 is 2.90 bits per heavy atom. The molecule has 0 bridgehead atoms. The Hall–Kier alpha value is -0.830. The van der Waals surface area contributed by atoms with Crippen LogP contribution < -0.4 is 0 Å². The molecule has 0 aliphatic carbocycles. The van der Waals surface area contributed by atoms with E-state index in [2.05, 4.69) is 4.98 Å². The van der Waals surface area contributed by atoms with Crippen molar-refractivity contribution in [1.82, 2.24) is 9.55 Å². The van der Waals surface area contributed by atoms with Crippen LogP contribution in [0.1, 0.15) is 25.8 Å². The van der Waals surface area contributed by atoms with Crippen molar-refractivity contribution in [2.75, 3.05) is 0 Å². The van der Waals surface area contributed by atoms with Crippen LogP contribution >= 0.6 is 0 Å². The third-order valence-electron chi connectivity index (χ3n) is 1.46. The van der Waals surface area contributed by atoms with Crippen LogP contribution in [0.4, 0.5) is 0 Å². The number of rotatable bonds is 2. The summed E-state index contributed by atoms with van der Waals surface area (Å²) in [6.45, 7) is 4.60. The molecule has 1 rings (SSSR count). The highest BCUT2D eigenvalue weighted by Gasteiger charge is 2.05. The highest BCUT2D eigenvalue weighted by molar-refractivity contribution is 4.94. The maximum atomic E-state index is 9.14. The lowest BCUT2D eigenvalue weighted by molar-refractivity contribution is 0.184. The van der Waals surface area contributed by atoms with Gasteiger partial charge in [-0.05, 0) is 13.8 Å². The summed E-state index contributed by atoms with van der Waals surface area (Å²) in [4.78, 5) is 4.00. The first-order valence-electron chi connectivity index (χ1n) is 3.44. The lowest BCUT2D eigenvalue weighted by Crippen LogP contribution is -2.03. The highest BCUT2D eigenvalue weighted by Crippen LogP contribution is 2.07. The molecule has 0 fully saturated rings. The van der Waals surface area contributed by atoms with Gasteiger partial charge in [-0.1, -0.05) is 0 Å². The number of aliphatic hydroxyl groups is 1. The van der Waals surface area contributed by atoms with Gasteiger partial charge in [-0.2, -0.15) is 0 Å². The second-order valence-electron chi connectivity index (χ2n) is 2.25. The molecular weight excluding hydrogens is 128 g/mol. The first-order chi connectivity index (χ1) is 4.75. The van der Waals surface area contributed by atoms with Gasteiger partial charge in [-0.15, -0.1) is 0 Å². The zero-order valence-corrected chi connectivity index (χ0v) is 6.28. The fourth-order valence-electron chi connectivity index (χ4n) is 0.956. The first kappa shape index (κ1) is 7.28. The van der Waals surface area contributed by atoms with Crippen LogP contribution in [-0.2, 0) is 6.54 Å².